The molecule has 0 bridgehead atoms. The molecule has 1 saturated heterocycles. The second kappa shape index (κ2) is 7.84. The normalized spacial score (nSPS) is 16.4. The Morgan fingerprint density at radius 1 is 1.38 bits per heavy atom. The fourth-order valence-corrected chi connectivity index (χ4v) is 2.66. The van der Waals surface area contributed by atoms with Crippen LogP contribution in [-0.2, 0) is 6.54 Å². The van der Waals surface area contributed by atoms with Crippen LogP contribution in [0.5, 0.6) is 0 Å². The predicted octanol–water partition coefficient (Wildman–Crippen LogP) is 2.48. The van der Waals surface area contributed by atoms with Gasteiger partial charge >= 0.3 is 6.03 Å². The van der Waals surface area contributed by atoms with Gasteiger partial charge in [-0.2, -0.15) is 0 Å². The Balaban J connectivity index is 1.75. The van der Waals surface area contributed by atoms with Crippen molar-refractivity contribution in [3.05, 3.63) is 48.6 Å². The van der Waals surface area contributed by atoms with E-state index in [1.165, 1.54) is 0 Å². The zero-order chi connectivity index (χ0) is 15.1. The molecule has 0 unspecified atom stereocenters. The minimum Gasteiger partial charge on any atom is -0.335 e. The van der Waals surface area contributed by atoms with Crippen molar-refractivity contribution in [2.45, 2.75) is 25.4 Å². The third-order valence-corrected chi connectivity index (χ3v) is 3.91. The van der Waals surface area contributed by atoms with Gasteiger partial charge in [0.1, 0.15) is 0 Å². The van der Waals surface area contributed by atoms with E-state index in [9.17, 15) is 4.79 Å². The summed E-state index contributed by atoms with van der Waals surface area (Å²) in [6.07, 6.45) is 3.96. The molecular weight excluding hydrogens is 262 g/mol. The van der Waals surface area contributed by atoms with Gasteiger partial charge in [0.2, 0.25) is 0 Å². The van der Waals surface area contributed by atoms with E-state index in [4.69, 9.17) is 0 Å². The highest BCUT2D eigenvalue weighted by molar-refractivity contribution is 5.74. The number of piperidine rings is 1. The number of hydrogen-bond acceptors (Lipinski definition) is 2. The lowest BCUT2D eigenvalue weighted by molar-refractivity contribution is 0.183. The zero-order valence-electron chi connectivity index (χ0n) is 12.8. The highest BCUT2D eigenvalue weighted by Crippen LogP contribution is 2.11. The summed E-state index contributed by atoms with van der Waals surface area (Å²) in [4.78, 5) is 16.3. The van der Waals surface area contributed by atoms with Gasteiger partial charge in [-0.3, -0.25) is 4.90 Å². The molecule has 1 fully saturated rings. The molecule has 1 heterocycles. The lowest BCUT2D eigenvalue weighted by Crippen LogP contribution is -2.48. The minimum atomic E-state index is 0.0148. The van der Waals surface area contributed by atoms with Crippen molar-refractivity contribution >= 4 is 6.03 Å². The van der Waals surface area contributed by atoms with Crippen molar-refractivity contribution in [1.82, 2.24) is 15.1 Å². The smallest absolute Gasteiger partial charge is 0.317 e. The minimum absolute atomic E-state index is 0.0148. The van der Waals surface area contributed by atoms with Crippen molar-refractivity contribution in [3.8, 4) is 0 Å². The average Bonchev–Trinajstić information content (AvgIpc) is 2.50. The molecule has 0 saturated carbocycles. The van der Waals surface area contributed by atoms with E-state index in [0.717, 1.165) is 38.0 Å². The largest absolute Gasteiger partial charge is 0.335 e. The fraction of sp³-hybridized carbons (Fsp3) is 0.471. The third kappa shape index (κ3) is 4.90. The van der Waals surface area contributed by atoms with Crippen molar-refractivity contribution in [3.63, 3.8) is 0 Å². The first-order valence-corrected chi connectivity index (χ1v) is 7.58. The molecule has 2 amide bonds. The molecule has 1 aliphatic rings. The molecule has 1 N–H and O–H groups in total. The summed E-state index contributed by atoms with van der Waals surface area (Å²) < 4.78 is 0. The Bertz CT molecular complexity index is 452. The summed E-state index contributed by atoms with van der Waals surface area (Å²) in [6, 6.07) is 10.4. The molecule has 2 rings (SSSR count). The Morgan fingerprint density at radius 2 is 2.05 bits per heavy atom. The first-order valence-electron chi connectivity index (χ1n) is 7.58. The van der Waals surface area contributed by atoms with Gasteiger partial charge < -0.3 is 10.2 Å². The van der Waals surface area contributed by atoms with Crippen molar-refractivity contribution in [2.75, 3.05) is 26.7 Å². The Labute approximate surface area is 127 Å². The van der Waals surface area contributed by atoms with E-state index >= 15 is 0 Å². The summed E-state index contributed by atoms with van der Waals surface area (Å²) in [7, 11) is 1.84. The zero-order valence-corrected chi connectivity index (χ0v) is 12.8. The number of nitrogens with one attached hydrogen (secondary N) is 1. The van der Waals surface area contributed by atoms with Crippen LogP contribution in [0, 0.1) is 0 Å². The molecule has 4 heteroatoms. The van der Waals surface area contributed by atoms with Crippen LogP contribution in [0.1, 0.15) is 18.4 Å². The number of likely N-dealkylation sites (tertiary alicyclic amines) is 1. The number of amides is 2. The summed E-state index contributed by atoms with van der Waals surface area (Å²) in [5.41, 5.74) is 1.15. The summed E-state index contributed by atoms with van der Waals surface area (Å²) >= 11 is 0. The first-order chi connectivity index (χ1) is 10.2. The van der Waals surface area contributed by atoms with Crippen LogP contribution < -0.4 is 5.32 Å². The van der Waals surface area contributed by atoms with E-state index in [0.29, 0.717) is 6.54 Å². The van der Waals surface area contributed by atoms with Gasteiger partial charge in [0.15, 0.2) is 0 Å². The molecule has 21 heavy (non-hydrogen) atoms. The van der Waals surface area contributed by atoms with Gasteiger partial charge in [0.05, 0.1) is 0 Å². The summed E-state index contributed by atoms with van der Waals surface area (Å²) in [5.74, 6) is 0. The Morgan fingerprint density at radius 3 is 2.67 bits per heavy atom. The number of nitrogens with zero attached hydrogens (tertiary/aromatic N) is 2. The highest BCUT2D eigenvalue weighted by atomic mass is 16.2. The number of benzene rings is 1. The quantitative estimate of drug-likeness (QED) is 0.845. The molecule has 0 spiro atoms. The van der Waals surface area contributed by atoms with Crippen molar-refractivity contribution in [1.29, 1.82) is 0 Å². The van der Waals surface area contributed by atoms with Crippen molar-refractivity contribution < 1.29 is 4.79 Å². The van der Waals surface area contributed by atoms with Gasteiger partial charge in [0, 0.05) is 39.3 Å². The first kappa shape index (κ1) is 15.6. The maximum absolute atomic E-state index is 12.2. The molecule has 1 aromatic rings. The van der Waals surface area contributed by atoms with Gasteiger partial charge in [-0.15, -0.1) is 6.58 Å². The lowest BCUT2D eigenvalue weighted by atomic mass is 10.1. The SMILES string of the molecule is C=CCN1CCC(NC(=O)N(C)Cc2ccccc2)CC1. The molecule has 0 atom stereocenters. The molecule has 4 nitrogen and oxygen atoms in total. The fourth-order valence-electron chi connectivity index (χ4n) is 2.66. The van der Waals surface area contributed by atoms with Gasteiger partial charge in [-0.25, -0.2) is 4.79 Å². The van der Waals surface area contributed by atoms with E-state index < -0.39 is 0 Å². The van der Waals surface area contributed by atoms with E-state index in [1.54, 1.807) is 4.90 Å². The third-order valence-electron chi connectivity index (χ3n) is 3.91. The Hall–Kier alpha value is -1.81. The van der Waals surface area contributed by atoms with Gasteiger partial charge in [-0.1, -0.05) is 36.4 Å². The van der Waals surface area contributed by atoms with Gasteiger partial charge in [0.25, 0.3) is 0 Å². The highest BCUT2D eigenvalue weighted by Gasteiger charge is 2.21. The summed E-state index contributed by atoms with van der Waals surface area (Å²) in [5, 5.41) is 3.14. The molecule has 0 aromatic heterocycles. The molecule has 0 radical (unpaired) electrons. The number of carbonyl (C=O) groups excluding carboxylic acids is 1. The van der Waals surface area contributed by atoms with Crippen LogP contribution in [0.2, 0.25) is 0 Å². The molecule has 0 aliphatic carbocycles. The van der Waals surface area contributed by atoms with Crippen LogP contribution >= 0.6 is 0 Å². The van der Waals surface area contributed by atoms with Crippen LogP contribution in [0.3, 0.4) is 0 Å². The van der Waals surface area contributed by atoms with Crippen LogP contribution in [0.4, 0.5) is 4.79 Å². The molecule has 1 aliphatic heterocycles. The van der Waals surface area contributed by atoms with Crippen LogP contribution in [0.25, 0.3) is 0 Å². The maximum Gasteiger partial charge on any atom is 0.317 e. The topological polar surface area (TPSA) is 35.6 Å². The van der Waals surface area contributed by atoms with E-state index in [1.807, 2.05) is 43.5 Å². The molecule has 1 aromatic carbocycles. The monoisotopic (exact) mass is 287 g/mol. The predicted molar refractivity (Wildman–Crippen MR) is 86.1 cm³/mol. The number of hydrogen-bond donors (Lipinski definition) is 1. The van der Waals surface area contributed by atoms with E-state index in [2.05, 4.69) is 16.8 Å². The summed E-state index contributed by atoms with van der Waals surface area (Å²) in [6.45, 7) is 7.40. The number of carbonyl (C=O) groups is 1. The van der Waals surface area contributed by atoms with Gasteiger partial charge in [-0.05, 0) is 18.4 Å². The number of urea groups is 1. The molecule has 114 valence electrons. The maximum atomic E-state index is 12.2. The second-order valence-electron chi connectivity index (χ2n) is 5.65. The van der Waals surface area contributed by atoms with Crippen LogP contribution in [0.15, 0.2) is 43.0 Å². The average molecular weight is 287 g/mol. The standard InChI is InChI=1S/C17H25N3O/c1-3-11-20-12-9-16(10-13-20)18-17(21)19(2)14-15-7-5-4-6-8-15/h3-8,16H,1,9-14H2,2H3,(H,18,21). The Kier molecular flexibility index (Phi) is 5.81. The van der Waals surface area contributed by atoms with Crippen molar-refractivity contribution in [2.24, 2.45) is 0 Å². The lowest BCUT2D eigenvalue weighted by Gasteiger charge is -2.32. The van der Waals surface area contributed by atoms with Crippen LogP contribution in [-0.4, -0.2) is 48.6 Å². The van der Waals surface area contributed by atoms with E-state index in [-0.39, 0.29) is 12.1 Å². The second-order valence-corrected chi connectivity index (χ2v) is 5.65. The number of rotatable bonds is 5. The molecular formula is C17H25N3O.